The number of hydrogen-bond acceptors (Lipinski definition) is 0. The van der Waals surface area contributed by atoms with Crippen molar-refractivity contribution in [2.45, 2.75) is 13.8 Å². The van der Waals surface area contributed by atoms with Gasteiger partial charge in [0.1, 0.15) is 19.6 Å². The van der Waals surface area contributed by atoms with Crippen LogP contribution in [0, 0.1) is 13.8 Å². The van der Waals surface area contributed by atoms with Crippen LogP contribution in [0.2, 0.25) is 0 Å². The molecule has 6 heterocycles. The van der Waals surface area contributed by atoms with Crippen molar-refractivity contribution in [1.29, 1.82) is 0 Å². The van der Waals surface area contributed by atoms with E-state index in [1.54, 1.807) is 0 Å². The Kier molecular flexibility index (Phi) is 6.53. The SMILES string of the molecule is Cc1ccccc1-c1cc2c(c[n+]1C)c1cc(-c3ccc4c(C)c(-c5c6c(c7cccc8c9ccccc9n6c87)c6ccccc6[n+]5C)ccc4c3)cc3c4ccccc4n2c31. The number of nitrogens with zero attached hydrogens (tertiary/aromatic N) is 4. The first-order chi connectivity index (χ1) is 30.4. The van der Waals surface area contributed by atoms with Crippen molar-refractivity contribution >= 4 is 97.9 Å². The number of pyridine rings is 2. The quantitative estimate of drug-likeness (QED) is 0.159. The fourth-order valence-corrected chi connectivity index (χ4v) is 11.6. The van der Waals surface area contributed by atoms with Crippen molar-refractivity contribution in [1.82, 2.24) is 8.80 Å². The Morgan fingerprint density at radius 3 is 1.90 bits per heavy atom. The summed E-state index contributed by atoms with van der Waals surface area (Å²) in [4.78, 5) is 0. The van der Waals surface area contributed by atoms with Gasteiger partial charge in [0, 0.05) is 55.4 Å². The highest BCUT2D eigenvalue weighted by Crippen LogP contribution is 2.46. The molecule has 290 valence electrons. The Balaban J connectivity index is 0.998. The number of hydrogen-bond donors (Lipinski definition) is 0. The predicted octanol–water partition coefficient (Wildman–Crippen LogP) is 13.6. The van der Waals surface area contributed by atoms with Gasteiger partial charge in [0.2, 0.25) is 16.9 Å². The average Bonchev–Trinajstić information content (AvgIpc) is 4.03. The molecule has 0 aliphatic carbocycles. The van der Waals surface area contributed by atoms with Gasteiger partial charge in [-0.15, -0.1) is 0 Å². The number of fused-ring (bicyclic) bond motifs is 15. The fourth-order valence-electron chi connectivity index (χ4n) is 11.6. The molecule has 4 heteroatoms. The van der Waals surface area contributed by atoms with E-state index < -0.39 is 0 Å². The highest BCUT2D eigenvalue weighted by molar-refractivity contribution is 6.30. The molecule has 0 fully saturated rings. The highest BCUT2D eigenvalue weighted by Gasteiger charge is 2.30. The molecule has 0 spiro atoms. The molecular weight excluding hydrogens is 753 g/mol. The first-order valence-electron chi connectivity index (χ1n) is 21.6. The van der Waals surface area contributed by atoms with Crippen LogP contribution in [0.1, 0.15) is 11.1 Å². The number of benzene rings is 8. The third-order valence-corrected chi connectivity index (χ3v) is 14.4. The first-order valence-corrected chi connectivity index (χ1v) is 21.6. The molecule has 0 radical (unpaired) electrons. The number of aromatic nitrogens is 4. The molecule has 4 nitrogen and oxygen atoms in total. The van der Waals surface area contributed by atoms with Gasteiger partial charge >= 0.3 is 0 Å². The lowest BCUT2D eigenvalue weighted by Crippen LogP contribution is -2.33. The molecule has 8 aromatic carbocycles. The Bertz CT molecular complexity index is 4250. The molecule has 62 heavy (non-hydrogen) atoms. The van der Waals surface area contributed by atoms with E-state index in [-0.39, 0.29) is 0 Å². The van der Waals surface area contributed by atoms with Crippen molar-refractivity contribution in [2.75, 3.05) is 0 Å². The predicted molar refractivity (Wildman–Crippen MR) is 259 cm³/mol. The van der Waals surface area contributed by atoms with Gasteiger partial charge < -0.3 is 8.80 Å². The van der Waals surface area contributed by atoms with Gasteiger partial charge in [0.25, 0.3) is 0 Å². The molecule has 6 aromatic heterocycles. The number of para-hydroxylation sites is 4. The van der Waals surface area contributed by atoms with Gasteiger partial charge in [-0.1, -0.05) is 103 Å². The van der Waals surface area contributed by atoms with E-state index in [0.29, 0.717) is 0 Å². The second-order valence-electron chi connectivity index (χ2n) is 17.5. The minimum Gasteiger partial charge on any atom is -0.307 e. The lowest BCUT2D eigenvalue weighted by Gasteiger charge is -2.13. The van der Waals surface area contributed by atoms with Crippen molar-refractivity contribution in [3.63, 3.8) is 0 Å². The van der Waals surface area contributed by atoms with Gasteiger partial charge in [0.15, 0.2) is 6.20 Å². The van der Waals surface area contributed by atoms with Crippen LogP contribution in [0.4, 0.5) is 0 Å². The summed E-state index contributed by atoms with van der Waals surface area (Å²) in [5.74, 6) is 0. The van der Waals surface area contributed by atoms with Crippen LogP contribution in [-0.4, -0.2) is 8.80 Å². The molecular formula is C58H40N4+2. The molecule has 0 amide bonds. The van der Waals surface area contributed by atoms with Crippen molar-refractivity contribution in [3.8, 4) is 33.6 Å². The Morgan fingerprint density at radius 1 is 0.419 bits per heavy atom. The summed E-state index contributed by atoms with van der Waals surface area (Å²) < 4.78 is 9.77. The van der Waals surface area contributed by atoms with E-state index in [4.69, 9.17) is 0 Å². The molecule has 0 unspecified atom stereocenters. The summed E-state index contributed by atoms with van der Waals surface area (Å²) in [6, 6.07) is 61.3. The largest absolute Gasteiger partial charge is 0.307 e. The van der Waals surface area contributed by atoms with Gasteiger partial charge in [-0.2, -0.15) is 4.57 Å². The summed E-state index contributed by atoms with van der Waals surface area (Å²) in [5.41, 5.74) is 18.8. The molecule has 14 aromatic rings. The van der Waals surface area contributed by atoms with Crippen LogP contribution in [-0.2, 0) is 14.1 Å². The van der Waals surface area contributed by atoms with Crippen LogP contribution in [0.25, 0.3) is 132 Å². The maximum atomic E-state index is 2.54. The van der Waals surface area contributed by atoms with Crippen molar-refractivity contribution in [3.05, 3.63) is 181 Å². The monoisotopic (exact) mass is 792 g/mol. The van der Waals surface area contributed by atoms with E-state index in [1.807, 2.05) is 0 Å². The van der Waals surface area contributed by atoms with E-state index in [9.17, 15) is 0 Å². The molecule has 0 atom stereocenters. The Labute approximate surface area is 357 Å². The zero-order valence-electron chi connectivity index (χ0n) is 35.0. The van der Waals surface area contributed by atoms with Crippen molar-refractivity contribution in [2.24, 2.45) is 14.1 Å². The summed E-state index contributed by atoms with van der Waals surface area (Å²) >= 11 is 0. The molecule has 14 rings (SSSR count). The van der Waals surface area contributed by atoms with Crippen LogP contribution in [0.5, 0.6) is 0 Å². The molecule has 0 aliphatic heterocycles. The number of rotatable bonds is 3. The molecule has 0 N–H and O–H groups in total. The summed E-state index contributed by atoms with van der Waals surface area (Å²) in [6.45, 7) is 4.52. The molecule has 0 bridgehead atoms. The minimum absolute atomic E-state index is 1.21. The first kappa shape index (κ1) is 34.0. The summed E-state index contributed by atoms with van der Waals surface area (Å²) in [6.07, 6.45) is 2.34. The Morgan fingerprint density at radius 2 is 1.08 bits per heavy atom. The van der Waals surface area contributed by atoms with Gasteiger partial charge in [0.05, 0.1) is 43.9 Å². The average molecular weight is 793 g/mol. The second-order valence-corrected chi connectivity index (χ2v) is 17.5. The standard InChI is InChI=1S/C58H40N4/c1-33-14-5-6-15-38(33)52-31-53-48(32-59(52)3)47-30-37(29-46-42-17-8-11-22-50(42)61(53)56(46)47)35-24-26-39-34(2)40(27-25-36(39)28-35)57-58-54(44-18-9-10-21-49(44)60(57)4)45-20-13-19-43-41-16-7-12-23-51(41)62(58)55(43)45/h5-32H,1-4H3/q+2. The maximum absolute atomic E-state index is 2.54. The number of aryl methyl sites for hydroxylation is 4. The molecule has 0 saturated carbocycles. The molecule has 0 aliphatic rings. The zero-order chi connectivity index (χ0) is 41.1. The van der Waals surface area contributed by atoms with Crippen LogP contribution in [0.3, 0.4) is 0 Å². The molecule has 0 saturated heterocycles. The Hall–Kier alpha value is -7.82. The van der Waals surface area contributed by atoms with Crippen LogP contribution < -0.4 is 9.13 Å². The lowest BCUT2D eigenvalue weighted by atomic mass is 9.92. The van der Waals surface area contributed by atoms with E-state index in [0.717, 1.165) is 0 Å². The normalized spacial score (nSPS) is 12.5. The van der Waals surface area contributed by atoms with Gasteiger partial charge in [-0.25, -0.2) is 4.57 Å². The smallest absolute Gasteiger partial charge is 0.238 e. The van der Waals surface area contributed by atoms with Gasteiger partial charge in [-0.3, -0.25) is 0 Å². The minimum atomic E-state index is 1.21. The summed E-state index contributed by atoms with van der Waals surface area (Å²) in [7, 11) is 4.43. The highest BCUT2D eigenvalue weighted by atomic mass is 15.0. The fraction of sp³-hybridized carbons (Fsp3) is 0.0690. The van der Waals surface area contributed by atoms with Gasteiger partial charge in [-0.05, 0) is 95.4 Å². The third kappa shape index (κ3) is 4.21. The zero-order valence-corrected chi connectivity index (χ0v) is 35.0. The van der Waals surface area contributed by atoms with E-state index in [1.165, 1.54) is 143 Å². The second kappa shape index (κ2) is 11.9. The van der Waals surface area contributed by atoms with Crippen molar-refractivity contribution < 1.29 is 9.13 Å². The maximum Gasteiger partial charge on any atom is 0.238 e. The van der Waals surface area contributed by atoms with Crippen LogP contribution >= 0.6 is 0 Å². The van der Waals surface area contributed by atoms with E-state index >= 15 is 0 Å². The van der Waals surface area contributed by atoms with E-state index in [2.05, 4.69) is 216 Å². The summed E-state index contributed by atoms with van der Waals surface area (Å²) in [5, 5.41) is 14.2. The van der Waals surface area contributed by atoms with Crippen LogP contribution in [0.15, 0.2) is 170 Å². The lowest BCUT2D eigenvalue weighted by molar-refractivity contribution is -0.659. The third-order valence-electron chi connectivity index (χ3n) is 14.4. The topological polar surface area (TPSA) is 16.6 Å².